The Kier molecular flexibility index (Phi) is 6.63. The van der Waals surface area contributed by atoms with Crippen LogP contribution >= 0.6 is 0 Å². The molecule has 0 N–H and O–H groups in total. The molecule has 3 rings (SSSR count). The van der Waals surface area contributed by atoms with Gasteiger partial charge in [-0.3, -0.25) is 0 Å². The van der Waals surface area contributed by atoms with Gasteiger partial charge in [0.1, 0.15) is 12.4 Å². The minimum absolute atomic E-state index is 0.0679. The van der Waals surface area contributed by atoms with Gasteiger partial charge < -0.3 is 4.74 Å². The van der Waals surface area contributed by atoms with E-state index in [1.807, 2.05) is 91.0 Å². The summed E-state index contributed by atoms with van der Waals surface area (Å²) in [5.74, 6) is 0.604. The molecule has 0 atom stereocenters. The predicted molar refractivity (Wildman–Crippen MR) is 108 cm³/mol. The van der Waals surface area contributed by atoms with Crippen LogP contribution in [0.2, 0.25) is 0 Å². The fourth-order valence-corrected chi connectivity index (χ4v) is 3.98. The van der Waals surface area contributed by atoms with Crippen LogP contribution in [0, 0.1) is 0 Å². The first kappa shape index (κ1) is 19.1. The summed E-state index contributed by atoms with van der Waals surface area (Å²) < 4.78 is 33.1. The molecule has 4 nitrogen and oxygen atoms in total. The molecular weight excluding hydrogens is 358 g/mol. The van der Waals surface area contributed by atoms with E-state index in [1.54, 1.807) is 0 Å². The second kappa shape index (κ2) is 9.35. The predicted octanol–water partition coefficient (Wildman–Crippen LogP) is 4.10. The summed E-state index contributed by atoms with van der Waals surface area (Å²) in [5.41, 5.74) is 1.92. The molecule has 0 fully saturated rings. The highest BCUT2D eigenvalue weighted by molar-refractivity contribution is 7.89. The second-order valence-electron chi connectivity index (χ2n) is 6.22. The van der Waals surface area contributed by atoms with Gasteiger partial charge in [-0.15, -0.1) is 0 Å². The van der Waals surface area contributed by atoms with Gasteiger partial charge in [0, 0.05) is 13.1 Å². The summed E-state index contributed by atoms with van der Waals surface area (Å²) in [5, 5.41) is 0. The van der Waals surface area contributed by atoms with Gasteiger partial charge in [-0.25, -0.2) is 8.42 Å². The summed E-state index contributed by atoms with van der Waals surface area (Å²) in [6.45, 7) is 0.791. The van der Waals surface area contributed by atoms with Gasteiger partial charge in [-0.2, -0.15) is 4.31 Å². The van der Waals surface area contributed by atoms with Crippen molar-refractivity contribution in [3.05, 3.63) is 102 Å². The maximum Gasteiger partial charge on any atom is 0.218 e. The third-order valence-electron chi connectivity index (χ3n) is 4.15. The highest BCUT2D eigenvalue weighted by Gasteiger charge is 2.22. The summed E-state index contributed by atoms with van der Waals surface area (Å²) in [6.07, 6.45) is 0. The van der Waals surface area contributed by atoms with Crippen molar-refractivity contribution in [3.63, 3.8) is 0 Å². The van der Waals surface area contributed by atoms with Crippen LogP contribution in [0.1, 0.15) is 11.1 Å². The van der Waals surface area contributed by atoms with E-state index < -0.39 is 10.0 Å². The number of benzene rings is 3. The second-order valence-corrected chi connectivity index (χ2v) is 8.31. The van der Waals surface area contributed by atoms with Crippen molar-refractivity contribution in [1.82, 2.24) is 4.31 Å². The molecular formula is C22H23NO3S. The van der Waals surface area contributed by atoms with Gasteiger partial charge in [0.15, 0.2) is 0 Å². The lowest BCUT2D eigenvalue weighted by Crippen LogP contribution is -2.34. The molecule has 3 aromatic carbocycles. The van der Waals surface area contributed by atoms with Crippen molar-refractivity contribution in [2.75, 3.05) is 12.4 Å². The fraction of sp³-hybridized carbons (Fsp3) is 0.182. The molecule has 5 heteroatoms. The van der Waals surface area contributed by atoms with Gasteiger partial charge in [-0.05, 0) is 23.3 Å². The van der Waals surface area contributed by atoms with E-state index in [1.165, 1.54) is 4.31 Å². The first-order chi connectivity index (χ1) is 13.1. The Balaban J connectivity index is 1.71. The highest BCUT2D eigenvalue weighted by Crippen LogP contribution is 2.15. The minimum atomic E-state index is -3.48. The zero-order chi connectivity index (χ0) is 19.0. The average molecular weight is 381 g/mol. The van der Waals surface area contributed by atoms with Crippen LogP contribution in [0.4, 0.5) is 0 Å². The molecule has 0 saturated heterocycles. The van der Waals surface area contributed by atoms with Crippen LogP contribution in [-0.4, -0.2) is 25.1 Å². The third-order valence-corrected chi connectivity index (χ3v) is 5.88. The number of rotatable bonds is 9. The van der Waals surface area contributed by atoms with Crippen molar-refractivity contribution in [3.8, 4) is 5.75 Å². The molecule has 0 aliphatic carbocycles. The van der Waals surface area contributed by atoms with Crippen molar-refractivity contribution < 1.29 is 13.2 Å². The molecule has 0 heterocycles. The van der Waals surface area contributed by atoms with E-state index in [2.05, 4.69) is 0 Å². The summed E-state index contributed by atoms with van der Waals surface area (Å²) in [6, 6.07) is 28.5. The van der Waals surface area contributed by atoms with Crippen molar-refractivity contribution in [2.45, 2.75) is 13.1 Å². The minimum Gasteiger partial charge on any atom is -0.492 e. The molecule has 0 radical (unpaired) electrons. The Morgan fingerprint density at radius 2 is 1.11 bits per heavy atom. The molecule has 27 heavy (non-hydrogen) atoms. The molecule has 3 aromatic rings. The molecule has 0 aliphatic heterocycles. The van der Waals surface area contributed by atoms with Crippen LogP contribution in [0.25, 0.3) is 0 Å². The fourth-order valence-electron chi connectivity index (χ4n) is 2.74. The van der Waals surface area contributed by atoms with E-state index in [-0.39, 0.29) is 12.4 Å². The molecule has 0 saturated carbocycles. The van der Waals surface area contributed by atoms with Crippen LogP contribution in [-0.2, 0) is 23.1 Å². The Bertz CT molecular complexity index is 872. The molecule has 0 bridgehead atoms. The van der Waals surface area contributed by atoms with Gasteiger partial charge in [0.2, 0.25) is 10.0 Å². The molecule has 140 valence electrons. The summed E-state index contributed by atoms with van der Waals surface area (Å²) >= 11 is 0. The van der Waals surface area contributed by atoms with Crippen molar-refractivity contribution in [2.24, 2.45) is 0 Å². The van der Waals surface area contributed by atoms with Crippen LogP contribution in [0.5, 0.6) is 5.75 Å². The molecule has 0 aliphatic rings. The van der Waals surface area contributed by atoms with Gasteiger partial charge in [0.25, 0.3) is 0 Å². The Labute approximate surface area is 161 Å². The molecule has 0 aromatic heterocycles. The number of sulfonamides is 1. The smallest absolute Gasteiger partial charge is 0.218 e. The first-order valence-electron chi connectivity index (χ1n) is 8.87. The van der Waals surface area contributed by atoms with E-state index in [0.29, 0.717) is 18.8 Å². The summed E-state index contributed by atoms with van der Waals surface area (Å²) in [4.78, 5) is 0. The quantitative estimate of drug-likeness (QED) is 0.561. The number of hydrogen-bond acceptors (Lipinski definition) is 3. The number of ether oxygens (including phenoxy) is 1. The zero-order valence-electron chi connectivity index (χ0n) is 15.1. The highest BCUT2D eigenvalue weighted by atomic mass is 32.2. The van der Waals surface area contributed by atoms with Gasteiger partial charge in [0.05, 0.1) is 5.75 Å². The monoisotopic (exact) mass is 381 g/mol. The normalized spacial score (nSPS) is 11.4. The van der Waals surface area contributed by atoms with Crippen molar-refractivity contribution >= 4 is 10.0 Å². The molecule has 0 unspecified atom stereocenters. The van der Waals surface area contributed by atoms with Crippen LogP contribution in [0.3, 0.4) is 0 Å². The number of hydrogen-bond donors (Lipinski definition) is 0. The Morgan fingerprint density at radius 3 is 1.59 bits per heavy atom. The van der Waals surface area contributed by atoms with E-state index in [0.717, 1.165) is 11.1 Å². The first-order valence-corrected chi connectivity index (χ1v) is 10.5. The number of nitrogens with zero attached hydrogens (tertiary/aromatic N) is 1. The number of para-hydroxylation sites is 1. The molecule has 0 spiro atoms. The zero-order valence-corrected chi connectivity index (χ0v) is 15.9. The lowest BCUT2D eigenvalue weighted by atomic mass is 10.2. The van der Waals surface area contributed by atoms with Gasteiger partial charge >= 0.3 is 0 Å². The SMILES string of the molecule is O=S(=O)(CCOc1ccccc1)N(Cc1ccccc1)Cc1ccccc1. The van der Waals surface area contributed by atoms with Gasteiger partial charge in [-0.1, -0.05) is 78.9 Å². The van der Waals surface area contributed by atoms with E-state index in [4.69, 9.17) is 4.74 Å². The van der Waals surface area contributed by atoms with E-state index >= 15 is 0 Å². The molecule has 0 amide bonds. The standard InChI is InChI=1S/C22H23NO3S/c24-27(25,17-16-26-22-14-8-3-9-15-22)23(18-20-10-4-1-5-11-20)19-21-12-6-2-7-13-21/h1-15H,16-19H2. The van der Waals surface area contributed by atoms with E-state index in [9.17, 15) is 8.42 Å². The summed E-state index contributed by atoms with van der Waals surface area (Å²) in [7, 11) is -3.48. The largest absolute Gasteiger partial charge is 0.492 e. The lowest BCUT2D eigenvalue weighted by Gasteiger charge is -2.22. The average Bonchev–Trinajstić information content (AvgIpc) is 2.70. The third kappa shape index (κ3) is 5.94. The maximum atomic E-state index is 13.0. The topological polar surface area (TPSA) is 46.6 Å². The lowest BCUT2D eigenvalue weighted by molar-refractivity contribution is 0.332. The maximum absolute atomic E-state index is 13.0. The van der Waals surface area contributed by atoms with Crippen molar-refractivity contribution in [1.29, 1.82) is 0 Å². The van der Waals surface area contributed by atoms with Crippen LogP contribution < -0.4 is 4.74 Å². The Hall–Kier alpha value is -2.63. The van der Waals surface area contributed by atoms with Crippen LogP contribution in [0.15, 0.2) is 91.0 Å². The Morgan fingerprint density at radius 1 is 0.667 bits per heavy atom.